The third-order valence-electron chi connectivity index (χ3n) is 2.43. The van der Waals surface area contributed by atoms with E-state index in [1.807, 2.05) is 29.8 Å². The van der Waals surface area contributed by atoms with Crippen LogP contribution in [0.25, 0.3) is 0 Å². The van der Waals surface area contributed by atoms with Gasteiger partial charge in [-0.25, -0.2) is 4.79 Å². The molecule has 2 aromatic heterocycles. The quantitative estimate of drug-likeness (QED) is 0.743. The van der Waals surface area contributed by atoms with Gasteiger partial charge in [-0.1, -0.05) is 0 Å². The molecule has 2 heterocycles. The van der Waals surface area contributed by atoms with E-state index in [4.69, 9.17) is 4.42 Å². The zero-order chi connectivity index (χ0) is 11.5. The van der Waals surface area contributed by atoms with Crippen LogP contribution in [0.1, 0.15) is 22.0 Å². The number of carbonyl (C=O) groups excluding carboxylic acids is 1. The second kappa shape index (κ2) is 4.26. The number of carbonyl (C=O) groups is 1. The zero-order valence-electron chi connectivity index (χ0n) is 9.27. The summed E-state index contributed by atoms with van der Waals surface area (Å²) in [5.41, 5.74) is 1.15. The van der Waals surface area contributed by atoms with Crippen LogP contribution in [0.2, 0.25) is 0 Å². The van der Waals surface area contributed by atoms with Gasteiger partial charge in [0.2, 0.25) is 5.76 Å². The molecule has 0 spiro atoms. The molecule has 0 bridgehead atoms. The fraction of sp³-hybridized carbons (Fsp3) is 0.250. The van der Waals surface area contributed by atoms with Crippen molar-refractivity contribution < 1.29 is 13.9 Å². The molecular formula is C12H13NO3. The molecule has 0 unspecified atom stereocenters. The Kier molecular flexibility index (Phi) is 2.81. The van der Waals surface area contributed by atoms with Crippen LogP contribution < -0.4 is 0 Å². The molecule has 0 amide bonds. The van der Waals surface area contributed by atoms with Crippen molar-refractivity contribution in [1.29, 1.82) is 0 Å². The summed E-state index contributed by atoms with van der Waals surface area (Å²) in [6, 6.07) is 7.40. The Balaban J connectivity index is 2.14. The SMILES string of the molecule is COC(=O)c1ccc(Cn2cccc2C)o1. The highest BCUT2D eigenvalue weighted by Gasteiger charge is 2.11. The summed E-state index contributed by atoms with van der Waals surface area (Å²) in [6.45, 7) is 2.64. The number of aromatic nitrogens is 1. The van der Waals surface area contributed by atoms with Gasteiger partial charge in [-0.2, -0.15) is 0 Å². The fourth-order valence-corrected chi connectivity index (χ4v) is 1.52. The van der Waals surface area contributed by atoms with Crippen LogP contribution in [0, 0.1) is 6.92 Å². The van der Waals surface area contributed by atoms with Crippen molar-refractivity contribution >= 4 is 5.97 Å². The van der Waals surface area contributed by atoms with E-state index < -0.39 is 5.97 Å². The van der Waals surface area contributed by atoms with E-state index in [1.54, 1.807) is 12.1 Å². The van der Waals surface area contributed by atoms with Crippen molar-refractivity contribution in [1.82, 2.24) is 4.57 Å². The average molecular weight is 219 g/mol. The molecule has 16 heavy (non-hydrogen) atoms. The molecule has 0 saturated carbocycles. The molecule has 0 atom stereocenters. The first-order valence-corrected chi connectivity index (χ1v) is 4.99. The van der Waals surface area contributed by atoms with Crippen LogP contribution in [-0.4, -0.2) is 17.6 Å². The molecule has 0 aromatic carbocycles. The Morgan fingerprint density at radius 2 is 2.25 bits per heavy atom. The third kappa shape index (κ3) is 2.00. The van der Waals surface area contributed by atoms with Crippen LogP contribution in [0.4, 0.5) is 0 Å². The number of methoxy groups -OCH3 is 1. The van der Waals surface area contributed by atoms with Crippen molar-refractivity contribution in [3.8, 4) is 0 Å². The summed E-state index contributed by atoms with van der Waals surface area (Å²) in [5.74, 6) is 0.525. The second-order valence-electron chi connectivity index (χ2n) is 3.54. The van der Waals surface area contributed by atoms with E-state index in [0.29, 0.717) is 6.54 Å². The molecule has 2 aromatic rings. The Morgan fingerprint density at radius 3 is 2.88 bits per heavy atom. The van der Waals surface area contributed by atoms with Gasteiger partial charge in [0.05, 0.1) is 13.7 Å². The molecule has 0 aliphatic carbocycles. The van der Waals surface area contributed by atoms with Crippen LogP contribution in [0.3, 0.4) is 0 Å². The first-order chi connectivity index (χ1) is 7.70. The van der Waals surface area contributed by atoms with Gasteiger partial charge in [0, 0.05) is 11.9 Å². The molecule has 4 nitrogen and oxygen atoms in total. The molecule has 2 rings (SSSR count). The standard InChI is InChI=1S/C12H13NO3/c1-9-4-3-7-13(9)8-10-5-6-11(16-10)12(14)15-2/h3-7H,8H2,1-2H3. The highest BCUT2D eigenvalue weighted by molar-refractivity contribution is 5.86. The lowest BCUT2D eigenvalue weighted by atomic mass is 10.4. The summed E-state index contributed by atoms with van der Waals surface area (Å²) in [4.78, 5) is 11.2. The van der Waals surface area contributed by atoms with Gasteiger partial charge in [-0.05, 0) is 31.2 Å². The monoisotopic (exact) mass is 219 g/mol. The van der Waals surface area contributed by atoms with Crippen LogP contribution in [0.15, 0.2) is 34.9 Å². The maximum Gasteiger partial charge on any atom is 0.373 e. The third-order valence-corrected chi connectivity index (χ3v) is 2.43. The number of hydrogen-bond acceptors (Lipinski definition) is 3. The lowest BCUT2D eigenvalue weighted by Crippen LogP contribution is -2.00. The second-order valence-corrected chi connectivity index (χ2v) is 3.54. The maximum absolute atomic E-state index is 11.2. The smallest absolute Gasteiger partial charge is 0.373 e. The zero-order valence-corrected chi connectivity index (χ0v) is 9.27. The van der Waals surface area contributed by atoms with Crippen LogP contribution >= 0.6 is 0 Å². The first-order valence-electron chi connectivity index (χ1n) is 4.99. The Morgan fingerprint density at radius 1 is 1.44 bits per heavy atom. The average Bonchev–Trinajstić information content (AvgIpc) is 2.89. The molecule has 0 aliphatic rings. The number of ether oxygens (including phenoxy) is 1. The molecule has 4 heteroatoms. The number of esters is 1. The predicted molar refractivity (Wildman–Crippen MR) is 58.3 cm³/mol. The minimum absolute atomic E-state index is 0.238. The highest BCUT2D eigenvalue weighted by Crippen LogP contribution is 2.12. The highest BCUT2D eigenvalue weighted by atomic mass is 16.5. The Bertz CT molecular complexity index is 496. The van der Waals surface area contributed by atoms with E-state index in [2.05, 4.69) is 4.74 Å². The van der Waals surface area contributed by atoms with Gasteiger partial charge in [-0.3, -0.25) is 0 Å². The van der Waals surface area contributed by atoms with Crippen LogP contribution in [-0.2, 0) is 11.3 Å². The van der Waals surface area contributed by atoms with Crippen molar-refractivity contribution in [2.75, 3.05) is 7.11 Å². The van der Waals surface area contributed by atoms with E-state index in [0.717, 1.165) is 11.5 Å². The molecule has 0 radical (unpaired) electrons. The van der Waals surface area contributed by atoms with Gasteiger partial charge < -0.3 is 13.7 Å². The molecule has 0 saturated heterocycles. The number of hydrogen-bond donors (Lipinski definition) is 0. The summed E-state index contributed by atoms with van der Waals surface area (Å²) in [7, 11) is 1.33. The topological polar surface area (TPSA) is 44.4 Å². The minimum Gasteiger partial charge on any atom is -0.463 e. The predicted octanol–water partition coefficient (Wildman–Crippen LogP) is 2.22. The summed E-state index contributed by atoms with van der Waals surface area (Å²) >= 11 is 0. The Labute approximate surface area is 93.4 Å². The summed E-state index contributed by atoms with van der Waals surface area (Å²) in [5, 5.41) is 0. The van der Waals surface area contributed by atoms with Crippen molar-refractivity contribution in [3.63, 3.8) is 0 Å². The first kappa shape index (κ1) is 10.5. The van der Waals surface area contributed by atoms with Crippen molar-refractivity contribution in [2.24, 2.45) is 0 Å². The molecule has 84 valence electrons. The van der Waals surface area contributed by atoms with Gasteiger partial charge in [-0.15, -0.1) is 0 Å². The lowest BCUT2D eigenvalue weighted by Gasteiger charge is -2.02. The number of aryl methyl sites for hydroxylation is 1. The lowest BCUT2D eigenvalue weighted by molar-refractivity contribution is 0.0563. The van der Waals surface area contributed by atoms with E-state index in [9.17, 15) is 4.79 Å². The van der Waals surface area contributed by atoms with Crippen molar-refractivity contribution in [3.05, 3.63) is 47.7 Å². The largest absolute Gasteiger partial charge is 0.463 e. The fourth-order valence-electron chi connectivity index (χ4n) is 1.52. The Hall–Kier alpha value is -1.97. The molecule has 0 aliphatic heterocycles. The number of nitrogens with zero attached hydrogens (tertiary/aromatic N) is 1. The normalized spacial score (nSPS) is 10.4. The maximum atomic E-state index is 11.2. The van der Waals surface area contributed by atoms with Crippen LogP contribution in [0.5, 0.6) is 0 Å². The summed E-state index contributed by atoms with van der Waals surface area (Å²) in [6.07, 6.45) is 1.97. The summed E-state index contributed by atoms with van der Waals surface area (Å²) < 4.78 is 12.0. The van der Waals surface area contributed by atoms with E-state index in [-0.39, 0.29) is 5.76 Å². The number of furan rings is 1. The van der Waals surface area contributed by atoms with Crippen molar-refractivity contribution in [2.45, 2.75) is 13.5 Å². The molecular weight excluding hydrogens is 206 g/mol. The molecule has 0 fully saturated rings. The van der Waals surface area contributed by atoms with Gasteiger partial charge in [0.15, 0.2) is 0 Å². The van der Waals surface area contributed by atoms with Gasteiger partial charge in [0.1, 0.15) is 5.76 Å². The van der Waals surface area contributed by atoms with Gasteiger partial charge in [0.25, 0.3) is 0 Å². The van der Waals surface area contributed by atoms with Gasteiger partial charge >= 0.3 is 5.97 Å². The molecule has 0 N–H and O–H groups in total. The number of rotatable bonds is 3. The van der Waals surface area contributed by atoms with E-state index >= 15 is 0 Å². The van der Waals surface area contributed by atoms with E-state index in [1.165, 1.54) is 7.11 Å². The minimum atomic E-state index is -0.449.